The number of amides is 2. The molecule has 3 aromatic rings. The van der Waals surface area contributed by atoms with E-state index in [1.54, 1.807) is 43.3 Å². The number of benzene rings is 2. The number of carbonyl (C=O) groups is 3. The number of aromatic nitrogens is 1. The van der Waals surface area contributed by atoms with Crippen LogP contribution in [-0.2, 0) is 11.8 Å². The number of aryl methyl sites for hydroxylation is 2. The predicted molar refractivity (Wildman–Crippen MR) is 128 cm³/mol. The number of hydrogen-bond acceptors (Lipinski definition) is 5. The average molecular weight is 487 g/mol. The summed E-state index contributed by atoms with van der Waals surface area (Å²) in [6, 6.07) is 12.2. The summed E-state index contributed by atoms with van der Waals surface area (Å²) in [4.78, 5) is 48.2. The van der Waals surface area contributed by atoms with E-state index in [4.69, 9.17) is 0 Å². The van der Waals surface area contributed by atoms with Crippen LogP contribution in [0.1, 0.15) is 42.3 Å². The number of carboxylic acid groups (broad SMARTS) is 1. The first kappa shape index (κ1) is 27.8. The SMILES string of the molecule is CC(=O)c1cccc(-c2cccc(C(CC(=O)O)NC(=O)Nc3c(O)c(C)cn(C)c3=O)c2)c1.[H-].[Na+]. The van der Waals surface area contributed by atoms with Gasteiger partial charge in [-0.25, -0.2) is 4.79 Å². The minimum Gasteiger partial charge on any atom is -1.00 e. The van der Waals surface area contributed by atoms with E-state index in [0.717, 1.165) is 11.1 Å². The van der Waals surface area contributed by atoms with E-state index in [-0.39, 0.29) is 48.2 Å². The van der Waals surface area contributed by atoms with Gasteiger partial charge in [0.25, 0.3) is 5.56 Å². The molecule has 0 aliphatic rings. The molecule has 0 radical (unpaired) electrons. The van der Waals surface area contributed by atoms with Crippen LogP contribution in [0.3, 0.4) is 0 Å². The van der Waals surface area contributed by atoms with Crippen LogP contribution in [0.5, 0.6) is 5.75 Å². The molecule has 0 aliphatic carbocycles. The van der Waals surface area contributed by atoms with Gasteiger partial charge in [0.1, 0.15) is 5.75 Å². The first-order valence-electron chi connectivity index (χ1n) is 10.5. The number of hydrogen-bond donors (Lipinski definition) is 4. The second kappa shape index (κ2) is 11.8. The maximum absolute atomic E-state index is 12.7. The molecule has 1 unspecified atom stereocenters. The summed E-state index contributed by atoms with van der Waals surface area (Å²) in [6.45, 7) is 3.05. The average Bonchev–Trinajstić information content (AvgIpc) is 2.80. The molecular formula is C25H26N3NaO6. The van der Waals surface area contributed by atoms with Crippen molar-refractivity contribution < 1.29 is 55.6 Å². The zero-order valence-electron chi connectivity index (χ0n) is 21.0. The number of nitrogens with zero attached hydrogens (tertiary/aromatic N) is 1. The van der Waals surface area contributed by atoms with Crippen LogP contribution in [0.2, 0.25) is 0 Å². The van der Waals surface area contributed by atoms with Gasteiger partial charge >= 0.3 is 41.6 Å². The quantitative estimate of drug-likeness (QED) is 0.286. The second-order valence-corrected chi connectivity index (χ2v) is 7.96. The Morgan fingerprint density at radius 1 is 1.09 bits per heavy atom. The Morgan fingerprint density at radius 2 is 1.71 bits per heavy atom. The van der Waals surface area contributed by atoms with Crippen LogP contribution in [0.25, 0.3) is 11.1 Å². The van der Waals surface area contributed by atoms with E-state index in [1.165, 1.54) is 24.7 Å². The number of aliphatic carboxylic acids is 1. The molecule has 1 aromatic heterocycles. The third-order valence-electron chi connectivity index (χ3n) is 5.35. The first-order chi connectivity index (χ1) is 16.1. The fourth-order valence-electron chi connectivity index (χ4n) is 3.59. The normalized spacial score (nSPS) is 11.2. The van der Waals surface area contributed by atoms with Crippen molar-refractivity contribution in [1.29, 1.82) is 0 Å². The summed E-state index contributed by atoms with van der Waals surface area (Å²) in [6.07, 6.45) is 1.02. The van der Waals surface area contributed by atoms with E-state index in [9.17, 15) is 29.4 Å². The number of nitrogens with one attached hydrogen (secondary N) is 2. The number of anilines is 1. The molecule has 2 amide bonds. The number of carbonyl (C=O) groups excluding carboxylic acids is 2. The van der Waals surface area contributed by atoms with Gasteiger partial charge in [-0.2, -0.15) is 0 Å². The van der Waals surface area contributed by atoms with Crippen LogP contribution in [0.15, 0.2) is 59.5 Å². The Balaban J connectivity index is 0.00000324. The minimum atomic E-state index is -1.14. The molecule has 10 heteroatoms. The van der Waals surface area contributed by atoms with Crippen molar-refractivity contribution in [2.24, 2.45) is 7.05 Å². The van der Waals surface area contributed by atoms with Crippen LogP contribution in [0, 0.1) is 6.92 Å². The number of pyridine rings is 1. The molecule has 9 nitrogen and oxygen atoms in total. The molecule has 2 aromatic carbocycles. The van der Waals surface area contributed by atoms with Gasteiger partial charge in [0.15, 0.2) is 11.5 Å². The van der Waals surface area contributed by atoms with Crippen molar-refractivity contribution in [3.8, 4) is 16.9 Å². The summed E-state index contributed by atoms with van der Waals surface area (Å²) in [5, 5.41) is 24.5. The van der Waals surface area contributed by atoms with Gasteiger partial charge in [0.2, 0.25) is 0 Å². The number of carboxylic acids is 1. The van der Waals surface area contributed by atoms with Gasteiger partial charge in [-0.15, -0.1) is 0 Å². The third kappa shape index (κ3) is 6.82. The molecule has 0 aliphatic heterocycles. The summed E-state index contributed by atoms with van der Waals surface area (Å²) >= 11 is 0. The van der Waals surface area contributed by atoms with Crippen LogP contribution >= 0.6 is 0 Å². The molecule has 178 valence electrons. The van der Waals surface area contributed by atoms with Crippen LogP contribution in [-0.4, -0.2) is 32.6 Å². The fraction of sp³-hybridized carbons (Fsp3) is 0.200. The summed E-state index contributed by atoms with van der Waals surface area (Å²) in [5.41, 5.74) is 2.04. The summed E-state index contributed by atoms with van der Waals surface area (Å²) in [5.74, 6) is -1.57. The van der Waals surface area contributed by atoms with Gasteiger partial charge in [0, 0.05) is 24.4 Å². The Bertz CT molecular complexity index is 1340. The van der Waals surface area contributed by atoms with Crippen molar-refractivity contribution >= 4 is 23.5 Å². The van der Waals surface area contributed by atoms with E-state index in [1.807, 2.05) is 12.1 Å². The molecule has 0 bridgehead atoms. The Morgan fingerprint density at radius 3 is 2.34 bits per heavy atom. The zero-order valence-corrected chi connectivity index (χ0v) is 22.0. The number of ketones is 1. The third-order valence-corrected chi connectivity index (χ3v) is 5.35. The molecule has 0 fully saturated rings. The molecule has 0 saturated heterocycles. The van der Waals surface area contributed by atoms with Gasteiger partial charge < -0.3 is 26.8 Å². The summed E-state index contributed by atoms with van der Waals surface area (Å²) < 4.78 is 1.22. The topological polar surface area (TPSA) is 138 Å². The van der Waals surface area contributed by atoms with Crippen molar-refractivity contribution in [2.75, 3.05) is 5.32 Å². The Kier molecular flexibility index (Phi) is 9.41. The van der Waals surface area contributed by atoms with Crippen molar-refractivity contribution in [2.45, 2.75) is 26.3 Å². The van der Waals surface area contributed by atoms with Crippen LogP contribution < -0.4 is 45.8 Å². The van der Waals surface area contributed by atoms with Gasteiger partial charge in [0.05, 0.1) is 12.5 Å². The number of urea groups is 1. The van der Waals surface area contributed by atoms with Gasteiger partial charge in [-0.05, 0) is 42.7 Å². The number of Topliss-reactive ketones (excluding diaryl/α,β-unsaturated/α-hetero) is 1. The monoisotopic (exact) mass is 487 g/mol. The van der Waals surface area contributed by atoms with Gasteiger partial charge in [-0.1, -0.05) is 36.4 Å². The Hall–Kier alpha value is -3.40. The molecule has 1 atom stereocenters. The van der Waals surface area contributed by atoms with E-state index in [2.05, 4.69) is 10.6 Å². The first-order valence-corrected chi connectivity index (χ1v) is 10.5. The molecule has 35 heavy (non-hydrogen) atoms. The van der Waals surface area contributed by atoms with Gasteiger partial charge in [-0.3, -0.25) is 14.4 Å². The second-order valence-electron chi connectivity index (χ2n) is 7.96. The van der Waals surface area contributed by atoms with E-state index >= 15 is 0 Å². The molecular weight excluding hydrogens is 461 g/mol. The largest absolute Gasteiger partial charge is 1.00 e. The maximum atomic E-state index is 12.7. The van der Waals surface area contributed by atoms with Crippen molar-refractivity contribution in [3.05, 3.63) is 81.8 Å². The molecule has 0 saturated carbocycles. The van der Waals surface area contributed by atoms with E-state index in [0.29, 0.717) is 16.7 Å². The maximum Gasteiger partial charge on any atom is 1.00 e. The molecule has 1 heterocycles. The van der Waals surface area contributed by atoms with Crippen molar-refractivity contribution in [1.82, 2.24) is 9.88 Å². The standard InChI is InChI=1S/C25H25N3O6.Na.H/c1-14-13-28(3)24(33)22(23(14)32)27-25(34)26-20(12-21(30)31)19-9-5-8-18(11-19)17-7-4-6-16(10-17)15(2)29;;/h4-11,13,20,32H,12H2,1-3H3,(H,30,31)(H2,26,27,34);;/q;+1;-1. The van der Waals surface area contributed by atoms with E-state index < -0.39 is 30.0 Å². The van der Waals surface area contributed by atoms with Crippen molar-refractivity contribution in [3.63, 3.8) is 0 Å². The van der Waals surface area contributed by atoms with Crippen LogP contribution in [0.4, 0.5) is 10.5 Å². The number of rotatable bonds is 7. The Labute approximate surface area is 225 Å². The number of aromatic hydroxyl groups is 1. The zero-order chi connectivity index (χ0) is 25.0. The predicted octanol–water partition coefficient (Wildman–Crippen LogP) is 0.723. The molecule has 3 rings (SSSR count). The smallest absolute Gasteiger partial charge is 1.00 e. The molecule has 4 N–H and O–H groups in total. The molecule has 0 spiro atoms. The minimum absolute atomic E-state index is 0. The summed E-state index contributed by atoms with van der Waals surface area (Å²) in [7, 11) is 1.48. The fourth-order valence-corrected chi connectivity index (χ4v) is 3.59.